The van der Waals surface area contributed by atoms with E-state index in [2.05, 4.69) is 10.1 Å². The van der Waals surface area contributed by atoms with Gasteiger partial charge in [-0.15, -0.1) is 0 Å². The molecule has 18 heavy (non-hydrogen) atoms. The number of nitrogens with zero attached hydrogens (tertiary/aromatic N) is 2. The molecular weight excluding hydrogens is 228 g/mol. The Morgan fingerprint density at radius 1 is 1.44 bits per heavy atom. The minimum atomic E-state index is -0.108. The lowest BCUT2D eigenvalue weighted by Gasteiger charge is -2.04. The summed E-state index contributed by atoms with van der Waals surface area (Å²) in [6, 6.07) is 7.52. The van der Waals surface area contributed by atoms with Gasteiger partial charge >= 0.3 is 0 Å². The van der Waals surface area contributed by atoms with Crippen LogP contribution < -0.4 is 0 Å². The second-order valence-electron chi connectivity index (χ2n) is 4.06. The molecule has 0 saturated carbocycles. The van der Waals surface area contributed by atoms with Gasteiger partial charge in [-0.1, -0.05) is 23.4 Å². The third-order valence-electron chi connectivity index (χ3n) is 2.72. The minimum absolute atomic E-state index is 0.108. The van der Waals surface area contributed by atoms with Crippen LogP contribution >= 0.6 is 0 Å². The van der Waals surface area contributed by atoms with Crippen LogP contribution in [0.2, 0.25) is 0 Å². The van der Waals surface area contributed by atoms with Crippen molar-refractivity contribution in [2.24, 2.45) is 4.99 Å². The van der Waals surface area contributed by atoms with E-state index in [9.17, 15) is 4.79 Å². The zero-order valence-electron chi connectivity index (χ0n) is 10.6. The van der Waals surface area contributed by atoms with E-state index in [1.807, 2.05) is 25.1 Å². The fourth-order valence-electron chi connectivity index (χ4n) is 1.76. The van der Waals surface area contributed by atoms with Crippen LogP contribution in [0.4, 0.5) is 0 Å². The highest BCUT2D eigenvalue weighted by atomic mass is 16.5. The van der Waals surface area contributed by atoms with E-state index in [0.717, 1.165) is 16.7 Å². The number of aliphatic imine (C=N–C) groups is 1. The Labute approximate surface area is 105 Å². The number of benzene rings is 1. The average molecular weight is 242 g/mol. The van der Waals surface area contributed by atoms with Gasteiger partial charge in [0.15, 0.2) is 11.5 Å². The number of hydrogen-bond donors (Lipinski definition) is 0. The van der Waals surface area contributed by atoms with E-state index < -0.39 is 0 Å². The van der Waals surface area contributed by atoms with Gasteiger partial charge in [-0.05, 0) is 12.5 Å². The standard InChI is InChI=1S/C14H14N2O2/c1-9-5-4-6-11(12(9)8-15-3)14-7-13(10(2)17)16-18-14/h4-8H,1-3H3. The van der Waals surface area contributed by atoms with E-state index in [0.29, 0.717) is 11.5 Å². The molecule has 0 aliphatic carbocycles. The lowest BCUT2D eigenvalue weighted by Crippen LogP contribution is -1.92. The zero-order chi connectivity index (χ0) is 13.1. The molecule has 2 aromatic rings. The van der Waals surface area contributed by atoms with E-state index in [-0.39, 0.29) is 5.78 Å². The third-order valence-corrected chi connectivity index (χ3v) is 2.72. The van der Waals surface area contributed by atoms with Gasteiger partial charge in [0.25, 0.3) is 0 Å². The molecule has 0 aliphatic rings. The molecule has 0 radical (unpaired) electrons. The Morgan fingerprint density at radius 3 is 2.83 bits per heavy atom. The van der Waals surface area contributed by atoms with Crippen molar-refractivity contribution < 1.29 is 9.32 Å². The number of carbonyl (C=O) groups is 1. The first-order chi connectivity index (χ1) is 8.63. The molecule has 4 heteroatoms. The largest absolute Gasteiger partial charge is 0.356 e. The van der Waals surface area contributed by atoms with Crippen LogP contribution in [0.3, 0.4) is 0 Å². The van der Waals surface area contributed by atoms with Crippen molar-refractivity contribution in [3.63, 3.8) is 0 Å². The fourth-order valence-corrected chi connectivity index (χ4v) is 1.76. The molecule has 92 valence electrons. The van der Waals surface area contributed by atoms with Gasteiger partial charge in [0.2, 0.25) is 0 Å². The Balaban J connectivity index is 2.56. The first kappa shape index (κ1) is 12.2. The molecule has 0 spiro atoms. The van der Waals surface area contributed by atoms with Crippen molar-refractivity contribution in [3.05, 3.63) is 41.1 Å². The summed E-state index contributed by atoms with van der Waals surface area (Å²) in [5.74, 6) is 0.474. The van der Waals surface area contributed by atoms with Crippen molar-refractivity contribution in [1.82, 2.24) is 5.16 Å². The van der Waals surface area contributed by atoms with E-state index in [1.54, 1.807) is 19.3 Å². The van der Waals surface area contributed by atoms with E-state index in [1.165, 1.54) is 6.92 Å². The summed E-state index contributed by atoms with van der Waals surface area (Å²) >= 11 is 0. The summed E-state index contributed by atoms with van der Waals surface area (Å²) in [6.45, 7) is 3.47. The van der Waals surface area contributed by atoms with Crippen LogP contribution in [0.5, 0.6) is 0 Å². The molecule has 0 unspecified atom stereocenters. The maximum atomic E-state index is 11.2. The summed E-state index contributed by atoms with van der Waals surface area (Å²) in [5.41, 5.74) is 3.30. The lowest BCUT2D eigenvalue weighted by atomic mass is 10.0. The predicted octanol–water partition coefficient (Wildman–Crippen LogP) is 2.90. The second kappa shape index (κ2) is 4.96. The molecule has 0 saturated heterocycles. The van der Waals surface area contributed by atoms with Crippen molar-refractivity contribution in [1.29, 1.82) is 0 Å². The highest BCUT2D eigenvalue weighted by Crippen LogP contribution is 2.25. The second-order valence-corrected chi connectivity index (χ2v) is 4.06. The minimum Gasteiger partial charge on any atom is -0.356 e. The van der Waals surface area contributed by atoms with Gasteiger partial charge < -0.3 is 4.52 Å². The summed E-state index contributed by atoms with van der Waals surface area (Å²) in [6.07, 6.45) is 1.78. The molecule has 0 N–H and O–H groups in total. The highest BCUT2D eigenvalue weighted by Gasteiger charge is 2.13. The summed E-state index contributed by atoms with van der Waals surface area (Å²) in [5, 5.41) is 3.75. The molecule has 0 fully saturated rings. The number of carbonyl (C=O) groups excluding carboxylic acids is 1. The smallest absolute Gasteiger partial charge is 0.181 e. The summed E-state index contributed by atoms with van der Waals surface area (Å²) in [7, 11) is 1.72. The Bertz CT molecular complexity index is 612. The van der Waals surface area contributed by atoms with E-state index in [4.69, 9.17) is 4.52 Å². The SMILES string of the molecule is CN=Cc1c(C)cccc1-c1cc(C(C)=O)no1. The Hall–Kier alpha value is -2.23. The monoisotopic (exact) mass is 242 g/mol. The van der Waals surface area contributed by atoms with Gasteiger partial charge in [-0.2, -0.15) is 0 Å². The van der Waals surface area contributed by atoms with Gasteiger partial charge in [0, 0.05) is 37.4 Å². The zero-order valence-corrected chi connectivity index (χ0v) is 10.6. The first-order valence-corrected chi connectivity index (χ1v) is 5.63. The number of rotatable bonds is 3. The number of ketones is 1. The molecule has 0 bridgehead atoms. The van der Waals surface area contributed by atoms with Crippen LogP contribution in [0.1, 0.15) is 28.5 Å². The highest BCUT2D eigenvalue weighted by molar-refractivity contribution is 5.95. The summed E-state index contributed by atoms with van der Waals surface area (Å²) in [4.78, 5) is 15.3. The molecular formula is C14H14N2O2. The Kier molecular flexibility index (Phi) is 3.37. The maximum absolute atomic E-state index is 11.2. The van der Waals surface area contributed by atoms with Crippen LogP contribution in [0.25, 0.3) is 11.3 Å². The molecule has 1 aromatic carbocycles. The predicted molar refractivity (Wildman–Crippen MR) is 70.2 cm³/mol. The molecule has 4 nitrogen and oxygen atoms in total. The first-order valence-electron chi connectivity index (χ1n) is 5.63. The topological polar surface area (TPSA) is 55.5 Å². The fraction of sp³-hybridized carbons (Fsp3) is 0.214. The molecule has 2 rings (SSSR count). The number of aryl methyl sites for hydroxylation is 1. The van der Waals surface area contributed by atoms with Gasteiger partial charge in [-0.25, -0.2) is 0 Å². The molecule has 0 aliphatic heterocycles. The normalized spacial score (nSPS) is 11.1. The maximum Gasteiger partial charge on any atom is 0.181 e. The lowest BCUT2D eigenvalue weighted by molar-refractivity contribution is 0.100. The van der Waals surface area contributed by atoms with Gasteiger partial charge in [-0.3, -0.25) is 9.79 Å². The molecule has 1 heterocycles. The van der Waals surface area contributed by atoms with Crippen molar-refractivity contribution in [2.75, 3.05) is 7.05 Å². The molecule has 1 aromatic heterocycles. The third kappa shape index (κ3) is 2.22. The Morgan fingerprint density at radius 2 is 2.22 bits per heavy atom. The molecule has 0 atom stereocenters. The number of aromatic nitrogens is 1. The average Bonchev–Trinajstić information content (AvgIpc) is 2.81. The van der Waals surface area contributed by atoms with Crippen LogP contribution in [-0.4, -0.2) is 24.2 Å². The van der Waals surface area contributed by atoms with E-state index >= 15 is 0 Å². The van der Waals surface area contributed by atoms with Crippen molar-refractivity contribution >= 4 is 12.0 Å². The quantitative estimate of drug-likeness (QED) is 0.614. The van der Waals surface area contributed by atoms with Gasteiger partial charge in [0.1, 0.15) is 5.69 Å². The van der Waals surface area contributed by atoms with Crippen molar-refractivity contribution in [2.45, 2.75) is 13.8 Å². The van der Waals surface area contributed by atoms with Crippen molar-refractivity contribution in [3.8, 4) is 11.3 Å². The van der Waals surface area contributed by atoms with Crippen LogP contribution in [-0.2, 0) is 0 Å². The molecule has 0 amide bonds. The summed E-state index contributed by atoms with van der Waals surface area (Å²) < 4.78 is 5.22. The van der Waals surface area contributed by atoms with Gasteiger partial charge in [0.05, 0.1) is 0 Å². The van der Waals surface area contributed by atoms with Crippen LogP contribution in [0, 0.1) is 6.92 Å². The number of Topliss-reactive ketones (excluding diaryl/α,β-unsaturated/α-hetero) is 1. The van der Waals surface area contributed by atoms with Crippen LogP contribution in [0.15, 0.2) is 33.8 Å². The number of hydrogen-bond acceptors (Lipinski definition) is 4.